The van der Waals surface area contributed by atoms with Crippen LogP contribution in [-0.2, 0) is 12.8 Å². The molecule has 0 saturated heterocycles. The Labute approximate surface area is 118 Å². The lowest BCUT2D eigenvalue weighted by atomic mass is 9.88. The maximum absolute atomic E-state index is 6.21. The lowest BCUT2D eigenvalue weighted by Gasteiger charge is -2.27. The van der Waals surface area contributed by atoms with E-state index < -0.39 is 0 Å². The van der Waals surface area contributed by atoms with E-state index >= 15 is 0 Å². The molecule has 0 amide bonds. The lowest BCUT2D eigenvalue weighted by Crippen LogP contribution is -2.27. The molecule has 1 aliphatic rings. The van der Waals surface area contributed by atoms with Crippen molar-refractivity contribution in [3.63, 3.8) is 0 Å². The van der Waals surface area contributed by atoms with E-state index in [1.807, 2.05) is 18.2 Å². The van der Waals surface area contributed by atoms with Gasteiger partial charge in [0.25, 0.3) is 0 Å². The summed E-state index contributed by atoms with van der Waals surface area (Å²) >= 11 is 6.21. The first-order chi connectivity index (χ1) is 9.24. The van der Waals surface area contributed by atoms with Gasteiger partial charge in [-0.3, -0.25) is 0 Å². The van der Waals surface area contributed by atoms with E-state index in [-0.39, 0.29) is 0 Å². The summed E-state index contributed by atoms with van der Waals surface area (Å²) in [5.41, 5.74) is 10.5. The van der Waals surface area contributed by atoms with Crippen molar-refractivity contribution in [3.8, 4) is 0 Å². The molecule has 0 bridgehead atoms. The van der Waals surface area contributed by atoms with Gasteiger partial charge in [0.15, 0.2) is 0 Å². The summed E-state index contributed by atoms with van der Waals surface area (Å²) in [6.07, 6.45) is 3.25. The maximum atomic E-state index is 6.21. The highest BCUT2D eigenvalue weighted by molar-refractivity contribution is 6.33. The largest absolute Gasteiger partial charge is 0.397 e. The summed E-state index contributed by atoms with van der Waals surface area (Å²) in [6.45, 7) is 0. The Morgan fingerprint density at radius 1 is 1.05 bits per heavy atom. The monoisotopic (exact) mass is 272 g/mol. The van der Waals surface area contributed by atoms with Crippen molar-refractivity contribution in [3.05, 3.63) is 58.6 Å². The molecule has 0 spiro atoms. The zero-order valence-corrected chi connectivity index (χ0v) is 11.5. The molecule has 3 rings (SSSR count). The fourth-order valence-electron chi connectivity index (χ4n) is 2.72. The summed E-state index contributed by atoms with van der Waals surface area (Å²) in [4.78, 5) is 0. The van der Waals surface area contributed by atoms with Crippen LogP contribution in [0.4, 0.5) is 11.4 Å². The highest BCUT2D eigenvalue weighted by Gasteiger charge is 2.19. The van der Waals surface area contributed by atoms with Crippen molar-refractivity contribution in [1.29, 1.82) is 0 Å². The van der Waals surface area contributed by atoms with Crippen LogP contribution in [-0.4, -0.2) is 6.04 Å². The number of benzene rings is 2. The molecule has 0 heterocycles. The molecule has 2 aromatic rings. The number of rotatable bonds is 2. The second-order valence-electron chi connectivity index (χ2n) is 5.06. The van der Waals surface area contributed by atoms with Crippen LogP contribution in [0.15, 0.2) is 42.5 Å². The fraction of sp³-hybridized carbons (Fsp3) is 0.250. The minimum atomic E-state index is 0.400. The van der Waals surface area contributed by atoms with E-state index in [9.17, 15) is 0 Å². The number of nitrogens with two attached hydrogens (primary N) is 1. The number of hydrogen-bond donors (Lipinski definition) is 2. The highest BCUT2D eigenvalue weighted by Crippen LogP contribution is 2.31. The molecule has 98 valence electrons. The molecule has 1 unspecified atom stereocenters. The summed E-state index contributed by atoms with van der Waals surface area (Å²) in [7, 11) is 0. The van der Waals surface area contributed by atoms with Crippen LogP contribution in [0, 0.1) is 0 Å². The van der Waals surface area contributed by atoms with Gasteiger partial charge in [0.05, 0.1) is 16.4 Å². The Morgan fingerprint density at radius 3 is 2.63 bits per heavy atom. The van der Waals surface area contributed by atoms with E-state index in [0.29, 0.717) is 16.8 Å². The van der Waals surface area contributed by atoms with Gasteiger partial charge >= 0.3 is 0 Å². The van der Waals surface area contributed by atoms with E-state index in [0.717, 1.165) is 24.9 Å². The Morgan fingerprint density at radius 2 is 1.84 bits per heavy atom. The van der Waals surface area contributed by atoms with Crippen molar-refractivity contribution >= 4 is 23.0 Å². The molecule has 0 radical (unpaired) electrons. The molecule has 3 N–H and O–H groups in total. The first-order valence-electron chi connectivity index (χ1n) is 6.61. The third kappa shape index (κ3) is 2.54. The predicted octanol–water partition coefficient (Wildman–Crippen LogP) is 3.89. The number of nitrogens with one attached hydrogen (secondary N) is 1. The summed E-state index contributed by atoms with van der Waals surface area (Å²) in [5, 5.41) is 4.19. The van der Waals surface area contributed by atoms with Crippen LogP contribution in [0.3, 0.4) is 0 Å². The van der Waals surface area contributed by atoms with Crippen molar-refractivity contribution in [1.82, 2.24) is 0 Å². The van der Waals surface area contributed by atoms with E-state index in [1.54, 1.807) is 0 Å². The first kappa shape index (κ1) is 12.4. The van der Waals surface area contributed by atoms with Gasteiger partial charge in [0.1, 0.15) is 0 Å². The molecular weight excluding hydrogens is 256 g/mol. The number of aryl methyl sites for hydroxylation is 1. The third-order valence-corrected chi connectivity index (χ3v) is 4.06. The zero-order valence-electron chi connectivity index (χ0n) is 10.7. The quantitative estimate of drug-likeness (QED) is 0.814. The molecule has 0 fully saturated rings. The van der Waals surface area contributed by atoms with Crippen LogP contribution in [0.1, 0.15) is 17.5 Å². The number of para-hydroxylation sites is 1. The van der Waals surface area contributed by atoms with Gasteiger partial charge in [0, 0.05) is 6.04 Å². The smallest absolute Gasteiger partial charge is 0.0765 e. The zero-order chi connectivity index (χ0) is 13.2. The second kappa shape index (κ2) is 5.14. The van der Waals surface area contributed by atoms with E-state index in [1.165, 1.54) is 11.1 Å². The van der Waals surface area contributed by atoms with E-state index in [4.69, 9.17) is 17.3 Å². The van der Waals surface area contributed by atoms with Crippen LogP contribution in [0.5, 0.6) is 0 Å². The number of nitrogen functional groups attached to an aromatic ring is 1. The molecule has 1 atom stereocenters. The normalized spacial score (nSPS) is 17.8. The summed E-state index contributed by atoms with van der Waals surface area (Å²) < 4.78 is 0. The third-order valence-electron chi connectivity index (χ3n) is 3.74. The van der Waals surface area contributed by atoms with Gasteiger partial charge in [0.2, 0.25) is 0 Å². The van der Waals surface area contributed by atoms with Gasteiger partial charge in [-0.1, -0.05) is 41.9 Å². The van der Waals surface area contributed by atoms with E-state index in [2.05, 4.69) is 29.6 Å². The van der Waals surface area contributed by atoms with Crippen molar-refractivity contribution in [2.45, 2.75) is 25.3 Å². The average Bonchev–Trinajstić information content (AvgIpc) is 2.43. The number of hydrogen-bond acceptors (Lipinski definition) is 2. The van der Waals surface area contributed by atoms with Crippen LogP contribution in [0.2, 0.25) is 5.02 Å². The Balaban J connectivity index is 1.79. The molecular formula is C16H17ClN2. The van der Waals surface area contributed by atoms with Crippen LogP contribution in [0.25, 0.3) is 0 Å². The highest BCUT2D eigenvalue weighted by atomic mass is 35.5. The standard InChI is InChI=1S/C16H17ClN2/c17-14-6-3-7-15(18)16(14)19-13-9-8-11-4-1-2-5-12(11)10-13/h1-7,13,19H,8-10,18H2. The number of halogens is 1. The summed E-state index contributed by atoms with van der Waals surface area (Å²) in [5.74, 6) is 0. The van der Waals surface area contributed by atoms with Crippen molar-refractivity contribution < 1.29 is 0 Å². The van der Waals surface area contributed by atoms with Crippen LogP contribution >= 0.6 is 11.6 Å². The maximum Gasteiger partial charge on any atom is 0.0765 e. The molecule has 2 aromatic carbocycles. The minimum Gasteiger partial charge on any atom is -0.397 e. The Hall–Kier alpha value is -1.67. The molecule has 0 aromatic heterocycles. The second-order valence-corrected chi connectivity index (χ2v) is 5.46. The van der Waals surface area contributed by atoms with Gasteiger partial charge < -0.3 is 11.1 Å². The van der Waals surface area contributed by atoms with Gasteiger partial charge in [-0.15, -0.1) is 0 Å². The molecule has 3 heteroatoms. The topological polar surface area (TPSA) is 38.0 Å². The van der Waals surface area contributed by atoms with Gasteiger partial charge in [-0.2, -0.15) is 0 Å². The number of fused-ring (bicyclic) bond motifs is 1. The van der Waals surface area contributed by atoms with Gasteiger partial charge in [-0.25, -0.2) is 0 Å². The predicted molar refractivity (Wildman–Crippen MR) is 81.7 cm³/mol. The number of anilines is 2. The molecule has 1 aliphatic carbocycles. The lowest BCUT2D eigenvalue weighted by molar-refractivity contribution is 0.611. The van der Waals surface area contributed by atoms with Crippen molar-refractivity contribution in [2.24, 2.45) is 0 Å². The molecule has 0 aliphatic heterocycles. The molecule has 0 saturated carbocycles. The molecule has 19 heavy (non-hydrogen) atoms. The fourth-order valence-corrected chi connectivity index (χ4v) is 2.95. The first-order valence-corrected chi connectivity index (χ1v) is 6.99. The summed E-state index contributed by atoms with van der Waals surface area (Å²) in [6, 6.07) is 14.7. The van der Waals surface area contributed by atoms with Crippen LogP contribution < -0.4 is 11.1 Å². The molecule has 2 nitrogen and oxygen atoms in total. The Kier molecular flexibility index (Phi) is 3.34. The minimum absolute atomic E-state index is 0.400. The average molecular weight is 273 g/mol. The van der Waals surface area contributed by atoms with Gasteiger partial charge in [-0.05, 0) is 42.5 Å². The van der Waals surface area contributed by atoms with Crippen molar-refractivity contribution in [2.75, 3.05) is 11.1 Å². The SMILES string of the molecule is Nc1cccc(Cl)c1NC1CCc2ccccc2C1. The Bertz CT molecular complexity index is 575.